The number of carbonyl (C=O) groups is 2. The first-order chi connectivity index (χ1) is 7.38. The molecule has 5 nitrogen and oxygen atoms in total. The summed E-state index contributed by atoms with van der Waals surface area (Å²) in [5, 5.41) is 11.3. The predicted octanol–water partition coefficient (Wildman–Crippen LogP) is 0.249. The highest BCUT2D eigenvalue weighted by molar-refractivity contribution is 7.80. The average molecular weight is 248 g/mol. The van der Waals surface area contributed by atoms with Gasteiger partial charge >= 0.3 is 5.97 Å². The molecule has 0 rings (SSSR count). The third kappa shape index (κ3) is 5.97. The summed E-state index contributed by atoms with van der Waals surface area (Å²) in [6.07, 6.45) is 0.831. The highest BCUT2D eigenvalue weighted by Crippen LogP contribution is 2.05. The molecule has 0 aromatic heterocycles. The maximum absolute atomic E-state index is 11.5. The molecule has 16 heavy (non-hydrogen) atoms. The fraction of sp³-hybridized carbons (Fsp3) is 0.800. The number of rotatable bonds is 7. The normalized spacial score (nSPS) is 14.6. The van der Waals surface area contributed by atoms with Gasteiger partial charge in [0.15, 0.2) is 0 Å². The van der Waals surface area contributed by atoms with E-state index in [0.29, 0.717) is 18.6 Å². The van der Waals surface area contributed by atoms with Crippen LogP contribution in [-0.2, 0) is 9.59 Å². The monoisotopic (exact) mass is 248 g/mol. The van der Waals surface area contributed by atoms with Crippen LogP contribution in [0.1, 0.15) is 26.7 Å². The zero-order chi connectivity index (χ0) is 12.7. The largest absolute Gasteiger partial charge is 0.480 e. The predicted molar refractivity (Wildman–Crippen MR) is 65.5 cm³/mol. The van der Waals surface area contributed by atoms with Gasteiger partial charge in [-0.15, -0.1) is 0 Å². The van der Waals surface area contributed by atoms with E-state index in [4.69, 9.17) is 10.8 Å². The van der Waals surface area contributed by atoms with Crippen LogP contribution in [0.4, 0.5) is 0 Å². The maximum Gasteiger partial charge on any atom is 0.326 e. The molecule has 0 aliphatic carbocycles. The van der Waals surface area contributed by atoms with Gasteiger partial charge in [-0.1, -0.05) is 13.8 Å². The molecule has 0 spiro atoms. The van der Waals surface area contributed by atoms with Gasteiger partial charge in [0.25, 0.3) is 0 Å². The number of amides is 1. The van der Waals surface area contributed by atoms with Crippen molar-refractivity contribution in [3.8, 4) is 0 Å². The Balaban J connectivity index is 4.28. The number of aliphatic carboxylic acids is 1. The van der Waals surface area contributed by atoms with Crippen molar-refractivity contribution in [2.45, 2.75) is 38.8 Å². The average Bonchev–Trinajstić information content (AvgIpc) is 2.16. The van der Waals surface area contributed by atoms with Crippen LogP contribution in [0, 0.1) is 5.92 Å². The fourth-order valence-electron chi connectivity index (χ4n) is 1.24. The van der Waals surface area contributed by atoms with E-state index in [1.165, 1.54) is 0 Å². The van der Waals surface area contributed by atoms with Crippen LogP contribution in [0.5, 0.6) is 0 Å². The fourth-order valence-corrected chi connectivity index (χ4v) is 1.52. The van der Waals surface area contributed by atoms with Crippen molar-refractivity contribution >= 4 is 24.5 Å². The minimum atomic E-state index is -1.03. The first-order valence-corrected chi connectivity index (χ1v) is 5.91. The molecule has 0 bridgehead atoms. The third-order valence-electron chi connectivity index (χ3n) is 2.10. The van der Waals surface area contributed by atoms with E-state index < -0.39 is 24.0 Å². The molecule has 0 saturated heterocycles. The summed E-state index contributed by atoms with van der Waals surface area (Å²) < 4.78 is 0. The van der Waals surface area contributed by atoms with Gasteiger partial charge in [-0.2, -0.15) is 12.6 Å². The summed E-state index contributed by atoms with van der Waals surface area (Å²) in [7, 11) is 0. The van der Waals surface area contributed by atoms with Crippen molar-refractivity contribution in [3.63, 3.8) is 0 Å². The summed E-state index contributed by atoms with van der Waals surface area (Å²) in [5.74, 6) is -0.763. The van der Waals surface area contributed by atoms with Crippen molar-refractivity contribution in [3.05, 3.63) is 0 Å². The topological polar surface area (TPSA) is 92.4 Å². The van der Waals surface area contributed by atoms with Gasteiger partial charge < -0.3 is 16.2 Å². The summed E-state index contributed by atoms with van der Waals surface area (Å²) >= 11 is 3.97. The van der Waals surface area contributed by atoms with Crippen LogP contribution in [0.15, 0.2) is 0 Å². The van der Waals surface area contributed by atoms with E-state index >= 15 is 0 Å². The molecular formula is C10H20N2O3S. The van der Waals surface area contributed by atoms with Gasteiger partial charge in [0.1, 0.15) is 6.04 Å². The first-order valence-electron chi connectivity index (χ1n) is 5.28. The van der Waals surface area contributed by atoms with Crippen LogP contribution < -0.4 is 11.1 Å². The van der Waals surface area contributed by atoms with Gasteiger partial charge in [-0.3, -0.25) is 4.79 Å². The lowest BCUT2D eigenvalue weighted by Crippen LogP contribution is -2.49. The summed E-state index contributed by atoms with van der Waals surface area (Å²) in [4.78, 5) is 22.4. The van der Waals surface area contributed by atoms with Crippen molar-refractivity contribution in [1.82, 2.24) is 5.32 Å². The second-order valence-corrected chi connectivity index (χ2v) is 4.59. The van der Waals surface area contributed by atoms with E-state index in [2.05, 4.69) is 17.9 Å². The van der Waals surface area contributed by atoms with Crippen LogP contribution in [0.3, 0.4) is 0 Å². The Kier molecular flexibility index (Phi) is 7.16. The molecular weight excluding hydrogens is 228 g/mol. The van der Waals surface area contributed by atoms with Crippen LogP contribution >= 0.6 is 12.6 Å². The van der Waals surface area contributed by atoms with Gasteiger partial charge in [0.05, 0.1) is 6.04 Å². The molecule has 6 heteroatoms. The zero-order valence-electron chi connectivity index (χ0n) is 9.64. The van der Waals surface area contributed by atoms with Gasteiger partial charge in [0, 0.05) is 0 Å². The standard InChI is InChI=1S/C10H20N2O3S/c1-6(2)5-8(10(14)15)12-9(13)7(11)3-4-16/h6-8,16H,3-5,11H2,1-2H3,(H,12,13)(H,14,15). The molecule has 4 N–H and O–H groups in total. The van der Waals surface area contributed by atoms with Crippen LogP contribution in [0.25, 0.3) is 0 Å². The summed E-state index contributed by atoms with van der Waals surface area (Å²) in [6.45, 7) is 3.80. The van der Waals surface area contributed by atoms with E-state index in [9.17, 15) is 9.59 Å². The highest BCUT2D eigenvalue weighted by Gasteiger charge is 2.23. The van der Waals surface area contributed by atoms with E-state index in [1.807, 2.05) is 13.8 Å². The molecule has 94 valence electrons. The van der Waals surface area contributed by atoms with Crippen molar-refractivity contribution < 1.29 is 14.7 Å². The number of carbonyl (C=O) groups excluding carboxylic acids is 1. The highest BCUT2D eigenvalue weighted by atomic mass is 32.1. The minimum absolute atomic E-state index is 0.197. The quantitative estimate of drug-likeness (QED) is 0.486. The Morgan fingerprint density at radius 3 is 2.38 bits per heavy atom. The Labute approximate surface area is 101 Å². The van der Waals surface area contributed by atoms with Crippen molar-refractivity contribution in [2.24, 2.45) is 11.7 Å². The maximum atomic E-state index is 11.5. The van der Waals surface area contributed by atoms with E-state index in [0.717, 1.165) is 0 Å². The molecule has 0 heterocycles. The molecule has 0 aliphatic rings. The van der Waals surface area contributed by atoms with Crippen molar-refractivity contribution in [1.29, 1.82) is 0 Å². The number of hydrogen-bond acceptors (Lipinski definition) is 4. The molecule has 1 amide bonds. The molecule has 0 radical (unpaired) electrons. The van der Waals surface area contributed by atoms with Crippen LogP contribution in [0.2, 0.25) is 0 Å². The van der Waals surface area contributed by atoms with Crippen LogP contribution in [-0.4, -0.2) is 34.8 Å². The van der Waals surface area contributed by atoms with E-state index in [-0.39, 0.29) is 5.92 Å². The zero-order valence-corrected chi connectivity index (χ0v) is 10.5. The Hall–Kier alpha value is -0.750. The second kappa shape index (κ2) is 7.51. The van der Waals surface area contributed by atoms with E-state index in [1.54, 1.807) is 0 Å². The number of carboxylic acid groups (broad SMARTS) is 1. The lowest BCUT2D eigenvalue weighted by Gasteiger charge is -2.18. The molecule has 2 atom stereocenters. The smallest absolute Gasteiger partial charge is 0.326 e. The lowest BCUT2D eigenvalue weighted by molar-refractivity contribution is -0.142. The number of nitrogens with two attached hydrogens (primary N) is 1. The number of carboxylic acids is 1. The molecule has 0 saturated carbocycles. The number of hydrogen-bond donors (Lipinski definition) is 4. The molecule has 0 fully saturated rings. The first kappa shape index (κ1) is 15.2. The Bertz CT molecular complexity index is 246. The van der Waals surface area contributed by atoms with Gasteiger partial charge in [-0.25, -0.2) is 4.79 Å². The summed E-state index contributed by atoms with van der Waals surface area (Å²) in [6, 6.07) is -1.55. The number of thiol groups is 1. The lowest BCUT2D eigenvalue weighted by atomic mass is 10.0. The van der Waals surface area contributed by atoms with Gasteiger partial charge in [-0.05, 0) is 24.5 Å². The molecule has 0 aliphatic heterocycles. The van der Waals surface area contributed by atoms with Crippen molar-refractivity contribution in [2.75, 3.05) is 5.75 Å². The van der Waals surface area contributed by atoms with Gasteiger partial charge in [0.2, 0.25) is 5.91 Å². The Morgan fingerprint density at radius 1 is 1.44 bits per heavy atom. The Morgan fingerprint density at radius 2 is 2.00 bits per heavy atom. The summed E-state index contributed by atoms with van der Waals surface area (Å²) in [5.41, 5.74) is 5.55. The second-order valence-electron chi connectivity index (χ2n) is 4.15. The number of nitrogens with one attached hydrogen (secondary N) is 1. The third-order valence-corrected chi connectivity index (χ3v) is 2.36. The molecule has 0 aromatic rings. The SMILES string of the molecule is CC(C)CC(NC(=O)C(N)CCS)C(=O)O. The minimum Gasteiger partial charge on any atom is -0.480 e. The molecule has 0 aromatic carbocycles. The molecule has 2 unspecified atom stereocenters.